The van der Waals surface area contributed by atoms with Crippen LogP contribution in [0.25, 0.3) is 0 Å². The highest BCUT2D eigenvalue weighted by Crippen LogP contribution is 2.26. The van der Waals surface area contributed by atoms with Crippen molar-refractivity contribution in [3.63, 3.8) is 0 Å². The minimum Gasteiger partial charge on any atom is -0.389 e. The van der Waals surface area contributed by atoms with Crippen LogP contribution in [0.3, 0.4) is 0 Å². The van der Waals surface area contributed by atoms with Gasteiger partial charge in [0, 0.05) is 13.1 Å². The number of hydrogen-bond acceptors (Lipinski definition) is 3. The van der Waals surface area contributed by atoms with Crippen LogP contribution in [0.5, 0.6) is 0 Å². The van der Waals surface area contributed by atoms with Crippen molar-refractivity contribution in [2.45, 2.75) is 39.1 Å². The Hall–Kier alpha value is -1.13. The average Bonchev–Trinajstić information content (AvgIpc) is 2.27. The predicted octanol–water partition coefficient (Wildman–Crippen LogP) is 2.49. The van der Waals surface area contributed by atoms with Gasteiger partial charge in [0.05, 0.1) is 24.0 Å². The minimum absolute atomic E-state index is 0.101. The Morgan fingerprint density at radius 1 is 1.33 bits per heavy atom. The van der Waals surface area contributed by atoms with Crippen molar-refractivity contribution in [2.24, 2.45) is 0 Å². The normalized spacial score (nSPS) is 26.2. The van der Waals surface area contributed by atoms with Gasteiger partial charge in [-0.15, -0.1) is 0 Å². The summed E-state index contributed by atoms with van der Waals surface area (Å²) in [6.45, 7) is 6.99. The molecule has 0 radical (unpaired) electrons. The van der Waals surface area contributed by atoms with Gasteiger partial charge in [0.15, 0.2) is 0 Å². The topological polar surface area (TPSA) is 32.7 Å². The molecule has 3 atom stereocenters. The van der Waals surface area contributed by atoms with Gasteiger partial charge >= 0.3 is 0 Å². The Labute approximate surface area is 107 Å². The van der Waals surface area contributed by atoms with Crippen molar-refractivity contribution >= 4 is 5.69 Å². The fourth-order valence-corrected chi connectivity index (χ4v) is 2.41. The molecule has 100 valence electrons. The molecule has 0 aliphatic carbocycles. The van der Waals surface area contributed by atoms with E-state index in [9.17, 15) is 9.50 Å². The molecule has 0 saturated carbocycles. The number of nitrogens with zero attached hydrogens (tertiary/aromatic N) is 1. The second-order valence-electron chi connectivity index (χ2n) is 5.05. The SMILES string of the molecule is C[C@@H]1CN(c2ccc([C@H](C)O)cc2F)C[C@H](C)O1. The molecular formula is C14H20FNO2. The lowest BCUT2D eigenvalue weighted by Crippen LogP contribution is -2.45. The maximum absolute atomic E-state index is 14.1. The Balaban J connectivity index is 2.22. The second-order valence-corrected chi connectivity index (χ2v) is 5.05. The molecule has 1 heterocycles. The van der Waals surface area contributed by atoms with Gasteiger partial charge in [-0.3, -0.25) is 0 Å². The Bertz CT molecular complexity index is 412. The van der Waals surface area contributed by atoms with Gasteiger partial charge < -0.3 is 14.7 Å². The third kappa shape index (κ3) is 2.82. The van der Waals surface area contributed by atoms with Crippen LogP contribution in [0, 0.1) is 5.82 Å². The van der Waals surface area contributed by atoms with E-state index in [1.54, 1.807) is 19.1 Å². The molecule has 18 heavy (non-hydrogen) atoms. The molecule has 0 amide bonds. The lowest BCUT2D eigenvalue weighted by molar-refractivity contribution is -0.00539. The van der Waals surface area contributed by atoms with E-state index in [0.29, 0.717) is 24.3 Å². The maximum atomic E-state index is 14.1. The first-order valence-electron chi connectivity index (χ1n) is 6.35. The standard InChI is InChI=1S/C14H20FNO2/c1-9-7-16(8-10(2)18-9)14-5-4-12(11(3)17)6-13(14)15/h4-6,9-11,17H,7-8H2,1-3H3/t9-,10+,11-/m0/s1. The number of morpholine rings is 1. The number of benzene rings is 1. The fraction of sp³-hybridized carbons (Fsp3) is 0.571. The molecule has 0 aromatic heterocycles. The largest absolute Gasteiger partial charge is 0.389 e. The highest BCUT2D eigenvalue weighted by atomic mass is 19.1. The van der Waals surface area contributed by atoms with Crippen LogP contribution < -0.4 is 4.90 Å². The predicted molar refractivity (Wildman–Crippen MR) is 69.3 cm³/mol. The molecule has 3 nitrogen and oxygen atoms in total. The Kier molecular flexibility index (Phi) is 3.88. The van der Waals surface area contributed by atoms with E-state index in [4.69, 9.17) is 4.74 Å². The molecule has 0 unspecified atom stereocenters. The van der Waals surface area contributed by atoms with Gasteiger partial charge in [-0.05, 0) is 38.5 Å². The molecule has 1 saturated heterocycles. The number of hydrogen-bond donors (Lipinski definition) is 1. The van der Waals surface area contributed by atoms with E-state index in [1.807, 2.05) is 18.7 Å². The first kappa shape index (κ1) is 13.3. The zero-order valence-electron chi connectivity index (χ0n) is 11.1. The monoisotopic (exact) mass is 253 g/mol. The van der Waals surface area contributed by atoms with Crippen molar-refractivity contribution < 1.29 is 14.2 Å². The molecule has 1 aromatic carbocycles. The summed E-state index contributed by atoms with van der Waals surface area (Å²) in [7, 11) is 0. The van der Waals surface area contributed by atoms with Crippen LogP contribution >= 0.6 is 0 Å². The molecule has 1 aromatic rings. The summed E-state index contributed by atoms with van der Waals surface area (Å²) >= 11 is 0. The average molecular weight is 253 g/mol. The number of aliphatic hydroxyl groups excluding tert-OH is 1. The van der Waals surface area contributed by atoms with Crippen LogP contribution in [0.1, 0.15) is 32.4 Å². The van der Waals surface area contributed by atoms with E-state index in [1.165, 1.54) is 6.07 Å². The Morgan fingerprint density at radius 3 is 2.44 bits per heavy atom. The molecule has 0 bridgehead atoms. The van der Waals surface area contributed by atoms with Gasteiger partial charge in [-0.25, -0.2) is 4.39 Å². The number of halogens is 1. The molecule has 2 rings (SSSR count). The van der Waals surface area contributed by atoms with E-state index >= 15 is 0 Å². The molecule has 1 aliphatic heterocycles. The van der Waals surface area contributed by atoms with Crippen LogP contribution in [-0.2, 0) is 4.74 Å². The van der Waals surface area contributed by atoms with E-state index in [2.05, 4.69) is 0 Å². The van der Waals surface area contributed by atoms with E-state index in [-0.39, 0.29) is 18.0 Å². The number of rotatable bonds is 2. The quantitative estimate of drug-likeness (QED) is 0.879. The summed E-state index contributed by atoms with van der Waals surface area (Å²) in [5.41, 5.74) is 1.19. The van der Waals surface area contributed by atoms with Crippen molar-refractivity contribution in [3.8, 4) is 0 Å². The van der Waals surface area contributed by atoms with Crippen molar-refractivity contribution in [1.29, 1.82) is 0 Å². The van der Waals surface area contributed by atoms with Crippen molar-refractivity contribution in [3.05, 3.63) is 29.6 Å². The Morgan fingerprint density at radius 2 is 1.94 bits per heavy atom. The smallest absolute Gasteiger partial charge is 0.146 e. The van der Waals surface area contributed by atoms with Crippen LogP contribution in [-0.4, -0.2) is 30.4 Å². The number of anilines is 1. The van der Waals surface area contributed by atoms with E-state index < -0.39 is 6.10 Å². The molecule has 1 N–H and O–H groups in total. The van der Waals surface area contributed by atoms with Crippen molar-refractivity contribution in [1.82, 2.24) is 0 Å². The minimum atomic E-state index is -0.643. The van der Waals surface area contributed by atoms with Crippen molar-refractivity contribution in [2.75, 3.05) is 18.0 Å². The molecule has 1 fully saturated rings. The molecular weight excluding hydrogens is 233 g/mol. The van der Waals surface area contributed by atoms with Gasteiger partial charge in [0.1, 0.15) is 5.82 Å². The summed E-state index contributed by atoms with van der Waals surface area (Å²) < 4.78 is 19.7. The van der Waals surface area contributed by atoms with Crippen LogP contribution in [0.2, 0.25) is 0 Å². The first-order chi connectivity index (χ1) is 8.47. The van der Waals surface area contributed by atoms with Gasteiger partial charge in [-0.1, -0.05) is 6.07 Å². The summed E-state index contributed by atoms with van der Waals surface area (Å²) in [4.78, 5) is 2.00. The molecule has 0 spiro atoms. The highest BCUT2D eigenvalue weighted by molar-refractivity contribution is 5.50. The zero-order valence-corrected chi connectivity index (χ0v) is 11.1. The van der Waals surface area contributed by atoms with Gasteiger partial charge in [-0.2, -0.15) is 0 Å². The summed E-state index contributed by atoms with van der Waals surface area (Å²) in [5, 5.41) is 9.43. The third-order valence-corrected chi connectivity index (χ3v) is 3.21. The summed E-state index contributed by atoms with van der Waals surface area (Å²) in [6.07, 6.45) is -0.440. The second kappa shape index (κ2) is 5.24. The highest BCUT2D eigenvalue weighted by Gasteiger charge is 2.24. The maximum Gasteiger partial charge on any atom is 0.146 e. The van der Waals surface area contributed by atoms with Gasteiger partial charge in [0.25, 0.3) is 0 Å². The van der Waals surface area contributed by atoms with Crippen LogP contribution in [0.4, 0.5) is 10.1 Å². The third-order valence-electron chi connectivity index (χ3n) is 3.21. The van der Waals surface area contributed by atoms with E-state index in [0.717, 1.165) is 0 Å². The number of ether oxygens (including phenoxy) is 1. The lowest BCUT2D eigenvalue weighted by Gasteiger charge is -2.37. The molecule has 1 aliphatic rings. The first-order valence-corrected chi connectivity index (χ1v) is 6.35. The molecule has 4 heteroatoms. The summed E-state index contributed by atoms with van der Waals surface area (Å²) in [5.74, 6) is -0.283. The lowest BCUT2D eigenvalue weighted by atomic mass is 10.1. The fourth-order valence-electron chi connectivity index (χ4n) is 2.41. The van der Waals surface area contributed by atoms with Crippen LogP contribution in [0.15, 0.2) is 18.2 Å². The van der Waals surface area contributed by atoms with Gasteiger partial charge in [0.2, 0.25) is 0 Å². The summed E-state index contributed by atoms with van der Waals surface area (Å²) in [6, 6.07) is 4.92. The number of aliphatic hydroxyl groups is 1. The zero-order chi connectivity index (χ0) is 13.3.